The first kappa shape index (κ1) is 15.0. The van der Waals surface area contributed by atoms with Crippen LogP contribution in [-0.4, -0.2) is 12.5 Å². The molecule has 0 saturated carbocycles. The van der Waals surface area contributed by atoms with Crippen molar-refractivity contribution in [1.82, 2.24) is 5.32 Å². The Bertz CT molecular complexity index is 622. The third-order valence-electron chi connectivity index (χ3n) is 3.23. The van der Waals surface area contributed by atoms with Crippen LogP contribution in [0.2, 0.25) is 0 Å². The van der Waals surface area contributed by atoms with E-state index in [0.717, 1.165) is 0 Å². The van der Waals surface area contributed by atoms with Crippen LogP contribution in [0.15, 0.2) is 60.7 Å². The number of halogens is 1. The van der Waals surface area contributed by atoms with Crippen LogP contribution in [0.25, 0.3) is 6.08 Å². The van der Waals surface area contributed by atoms with Gasteiger partial charge in [0.1, 0.15) is 5.82 Å². The second kappa shape index (κ2) is 7.39. The molecule has 108 valence electrons. The summed E-state index contributed by atoms with van der Waals surface area (Å²) in [7, 11) is 0. The normalized spacial score (nSPS) is 12.3. The molecule has 2 aromatic rings. The first-order chi connectivity index (χ1) is 10.1. The van der Waals surface area contributed by atoms with Gasteiger partial charge < -0.3 is 5.32 Å². The summed E-state index contributed by atoms with van der Waals surface area (Å²) in [5.41, 5.74) is 1.85. The minimum absolute atomic E-state index is 0.179. The summed E-state index contributed by atoms with van der Waals surface area (Å²) in [6.45, 7) is 2.63. The number of hydrogen-bond acceptors (Lipinski definition) is 1. The Kier molecular flexibility index (Phi) is 5.27. The van der Waals surface area contributed by atoms with Crippen molar-refractivity contribution in [3.63, 3.8) is 0 Å². The molecule has 0 aliphatic rings. The maximum atomic E-state index is 13.0. The molecule has 3 heteroatoms. The van der Waals surface area contributed by atoms with Gasteiger partial charge in [0.2, 0.25) is 5.91 Å². The van der Waals surface area contributed by atoms with Crippen LogP contribution in [0.4, 0.5) is 4.39 Å². The molecule has 2 nitrogen and oxygen atoms in total. The van der Waals surface area contributed by atoms with Crippen LogP contribution in [-0.2, 0) is 4.79 Å². The van der Waals surface area contributed by atoms with Crippen LogP contribution < -0.4 is 5.32 Å². The summed E-state index contributed by atoms with van der Waals surface area (Å²) in [5.74, 6) is -0.241. The number of hydrogen-bond donors (Lipinski definition) is 1. The quantitative estimate of drug-likeness (QED) is 0.832. The SMILES string of the molecule is C[C@@H](CNC(=O)/C=C/c1cccc(F)c1)c1ccccc1. The maximum Gasteiger partial charge on any atom is 0.244 e. The molecule has 0 spiro atoms. The van der Waals surface area contributed by atoms with Crippen LogP contribution in [0.1, 0.15) is 24.0 Å². The molecule has 0 saturated heterocycles. The van der Waals surface area contributed by atoms with Crippen molar-refractivity contribution in [3.05, 3.63) is 77.6 Å². The van der Waals surface area contributed by atoms with Crippen LogP contribution in [0.3, 0.4) is 0 Å². The topological polar surface area (TPSA) is 29.1 Å². The number of amides is 1. The van der Waals surface area contributed by atoms with Crippen molar-refractivity contribution >= 4 is 12.0 Å². The predicted molar refractivity (Wildman–Crippen MR) is 83.3 cm³/mol. The van der Waals surface area contributed by atoms with E-state index in [2.05, 4.69) is 12.2 Å². The highest BCUT2D eigenvalue weighted by molar-refractivity contribution is 5.91. The fourth-order valence-electron chi connectivity index (χ4n) is 1.99. The minimum Gasteiger partial charge on any atom is -0.352 e. The molecule has 0 aromatic heterocycles. The lowest BCUT2D eigenvalue weighted by molar-refractivity contribution is -0.116. The molecule has 2 aromatic carbocycles. The van der Waals surface area contributed by atoms with E-state index >= 15 is 0 Å². The van der Waals surface area contributed by atoms with E-state index in [1.54, 1.807) is 18.2 Å². The van der Waals surface area contributed by atoms with Gasteiger partial charge in [-0.05, 0) is 35.3 Å². The van der Waals surface area contributed by atoms with Gasteiger partial charge in [0.05, 0.1) is 0 Å². The Balaban J connectivity index is 1.85. The van der Waals surface area contributed by atoms with Gasteiger partial charge in [-0.1, -0.05) is 49.4 Å². The molecule has 0 fully saturated rings. The molecule has 1 N–H and O–H groups in total. The third-order valence-corrected chi connectivity index (χ3v) is 3.23. The van der Waals surface area contributed by atoms with E-state index in [1.807, 2.05) is 30.3 Å². The maximum absolute atomic E-state index is 13.0. The molecule has 21 heavy (non-hydrogen) atoms. The standard InChI is InChI=1S/C18H18FNO/c1-14(16-7-3-2-4-8-16)13-20-18(21)11-10-15-6-5-9-17(19)12-15/h2-12,14H,13H2,1H3,(H,20,21)/b11-10+/t14-/m0/s1. The van der Waals surface area contributed by atoms with E-state index in [4.69, 9.17) is 0 Å². The number of benzene rings is 2. The summed E-state index contributed by atoms with van der Waals surface area (Å²) in [5, 5.41) is 2.85. The number of nitrogens with one attached hydrogen (secondary N) is 1. The van der Waals surface area contributed by atoms with Crippen molar-refractivity contribution in [2.75, 3.05) is 6.54 Å². The van der Waals surface area contributed by atoms with E-state index in [9.17, 15) is 9.18 Å². The van der Waals surface area contributed by atoms with Crippen molar-refractivity contribution in [2.45, 2.75) is 12.8 Å². The lowest BCUT2D eigenvalue weighted by Gasteiger charge is -2.11. The predicted octanol–water partition coefficient (Wildman–Crippen LogP) is 3.76. The van der Waals surface area contributed by atoms with Crippen molar-refractivity contribution in [3.8, 4) is 0 Å². The number of rotatable bonds is 5. The smallest absolute Gasteiger partial charge is 0.244 e. The molecule has 1 atom stereocenters. The third kappa shape index (κ3) is 4.88. The van der Waals surface area contributed by atoms with Crippen molar-refractivity contribution in [2.24, 2.45) is 0 Å². The fourth-order valence-corrected chi connectivity index (χ4v) is 1.99. The Morgan fingerprint density at radius 2 is 1.95 bits per heavy atom. The largest absolute Gasteiger partial charge is 0.352 e. The molecule has 0 unspecified atom stereocenters. The Hall–Kier alpha value is -2.42. The molecular formula is C18H18FNO. The molecular weight excluding hydrogens is 265 g/mol. The molecule has 2 rings (SSSR count). The molecule has 0 aliphatic heterocycles. The van der Waals surface area contributed by atoms with Gasteiger partial charge in [0.25, 0.3) is 0 Å². The van der Waals surface area contributed by atoms with Gasteiger partial charge in [-0.2, -0.15) is 0 Å². The molecule has 0 heterocycles. The second-order valence-electron chi connectivity index (χ2n) is 4.95. The summed E-state index contributed by atoms with van der Waals surface area (Å²) in [6, 6.07) is 16.1. The Labute approximate surface area is 124 Å². The van der Waals surface area contributed by atoms with E-state index in [0.29, 0.717) is 12.1 Å². The van der Waals surface area contributed by atoms with Gasteiger partial charge in [-0.25, -0.2) is 4.39 Å². The van der Waals surface area contributed by atoms with Gasteiger partial charge in [0, 0.05) is 12.6 Å². The zero-order valence-electron chi connectivity index (χ0n) is 11.9. The molecule has 1 amide bonds. The Morgan fingerprint density at radius 3 is 2.67 bits per heavy atom. The average Bonchev–Trinajstić information content (AvgIpc) is 2.51. The highest BCUT2D eigenvalue weighted by Gasteiger charge is 2.05. The van der Waals surface area contributed by atoms with Crippen LogP contribution >= 0.6 is 0 Å². The van der Waals surface area contributed by atoms with E-state index in [1.165, 1.54) is 23.8 Å². The Morgan fingerprint density at radius 1 is 1.19 bits per heavy atom. The zero-order valence-corrected chi connectivity index (χ0v) is 11.9. The highest BCUT2D eigenvalue weighted by Crippen LogP contribution is 2.13. The first-order valence-electron chi connectivity index (χ1n) is 6.91. The fraction of sp³-hybridized carbons (Fsp3) is 0.167. The van der Waals surface area contributed by atoms with E-state index < -0.39 is 0 Å². The van der Waals surface area contributed by atoms with E-state index in [-0.39, 0.29) is 17.6 Å². The van der Waals surface area contributed by atoms with Crippen molar-refractivity contribution < 1.29 is 9.18 Å². The van der Waals surface area contributed by atoms with Gasteiger partial charge in [-0.3, -0.25) is 4.79 Å². The van der Waals surface area contributed by atoms with Gasteiger partial charge in [0.15, 0.2) is 0 Å². The lowest BCUT2D eigenvalue weighted by atomic mass is 10.0. The number of carbonyl (C=O) groups excluding carboxylic acids is 1. The summed E-state index contributed by atoms with van der Waals surface area (Å²) in [6.07, 6.45) is 3.03. The van der Waals surface area contributed by atoms with Gasteiger partial charge >= 0.3 is 0 Å². The molecule has 0 radical (unpaired) electrons. The van der Waals surface area contributed by atoms with Crippen LogP contribution in [0.5, 0.6) is 0 Å². The first-order valence-corrected chi connectivity index (χ1v) is 6.91. The lowest BCUT2D eigenvalue weighted by Crippen LogP contribution is -2.25. The van der Waals surface area contributed by atoms with Crippen LogP contribution in [0, 0.1) is 5.82 Å². The monoisotopic (exact) mass is 283 g/mol. The molecule has 0 aliphatic carbocycles. The highest BCUT2D eigenvalue weighted by atomic mass is 19.1. The summed E-state index contributed by atoms with van der Waals surface area (Å²) >= 11 is 0. The minimum atomic E-state index is -0.310. The molecule has 0 bridgehead atoms. The van der Waals surface area contributed by atoms with Crippen molar-refractivity contribution in [1.29, 1.82) is 0 Å². The summed E-state index contributed by atoms with van der Waals surface area (Å²) in [4.78, 5) is 11.7. The summed E-state index contributed by atoms with van der Waals surface area (Å²) < 4.78 is 13.0. The number of carbonyl (C=O) groups is 1. The average molecular weight is 283 g/mol. The second-order valence-corrected chi connectivity index (χ2v) is 4.95. The zero-order chi connectivity index (χ0) is 15.1. The van der Waals surface area contributed by atoms with Gasteiger partial charge in [-0.15, -0.1) is 0 Å².